The largest absolute Gasteiger partial charge is 0.393 e. The zero-order chi connectivity index (χ0) is 14.8. The summed E-state index contributed by atoms with van der Waals surface area (Å²) in [7, 11) is -3.76. The summed E-state index contributed by atoms with van der Waals surface area (Å²) in [5, 5.41) is 9.51. The average molecular weight is 302 g/mol. The zero-order valence-electron chi connectivity index (χ0n) is 11.4. The van der Waals surface area contributed by atoms with Crippen LogP contribution in [0.5, 0.6) is 0 Å². The van der Waals surface area contributed by atoms with Gasteiger partial charge in [-0.05, 0) is 32.3 Å². The first-order chi connectivity index (χ1) is 9.41. The van der Waals surface area contributed by atoms with E-state index in [4.69, 9.17) is 0 Å². The summed E-state index contributed by atoms with van der Waals surface area (Å²) in [4.78, 5) is 3.47. The predicted octanol–water partition coefficient (Wildman–Crippen LogP) is 1.53. The molecule has 2 atom stereocenters. The van der Waals surface area contributed by atoms with Crippen LogP contribution in [0.3, 0.4) is 0 Å². The number of rotatable bonds is 4. The van der Waals surface area contributed by atoms with Gasteiger partial charge >= 0.3 is 0 Å². The molecule has 2 heterocycles. The molecule has 7 heteroatoms. The molecular formula is C13H19FN2O3S. The van der Waals surface area contributed by atoms with Gasteiger partial charge in [-0.15, -0.1) is 0 Å². The van der Waals surface area contributed by atoms with Crippen molar-refractivity contribution in [2.24, 2.45) is 0 Å². The normalized spacial score (nSPS) is 22.6. The van der Waals surface area contributed by atoms with Gasteiger partial charge in [0.1, 0.15) is 10.7 Å². The second kappa shape index (κ2) is 6.15. The van der Waals surface area contributed by atoms with E-state index in [0.29, 0.717) is 19.4 Å². The maximum atomic E-state index is 13.2. The van der Waals surface area contributed by atoms with Gasteiger partial charge in [-0.2, -0.15) is 4.31 Å². The third-order valence-corrected chi connectivity index (χ3v) is 5.39. The maximum absolute atomic E-state index is 13.2. The molecule has 0 radical (unpaired) electrons. The Kier molecular flexibility index (Phi) is 4.72. The highest BCUT2D eigenvalue weighted by molar-refractivity contribution is 7.89. The Labute approximate surface area is 118 Å². The van der Waals surface area contributed by atoms with Crippen molar-refractivity contribution in [3.63, 3.8) is 0 Å². The number of piperidine rings is 1. The number of sulfonamides is 1. The van der Waals surface area contributed by atoms with Crippen molar-refractivity contribution in [3.8, 4) is 0 Å². The Bertz CT molecular complexity index is 562. The van der Waals surface area contributed by atoms with Crippen molar-refractivity contribution in [1.29, 1.82) is 0 Å². The molecule has 1 aromatic rings. The van der Waals surface area contributed by atoms with E-state index in [-0.39, 0.29) is 10.9 Å². The number of aliphatic hydroxyl groups is 1. The number of aliphatic hydroxyl groups excluding tert-OH is 1. The van der Waals surface area contributed by atoms with Crippen LogP contribution in [0.1, 0.15) is 32.6 Å². The van der Waals surface area contributed by atoms with Gasteiger partial charge in [-0.1, -0.05) is 6.42 Å². The first-order valence-corrected chi connectivity index (χ1v) is 8.15. The van der Waals surface area contributed by atoms with E-state index in [1.54, 1.807) is 6.92 Å². The van der Waals surface area contributed by atoms with E-state index in [0.717, 1.165) is 31.3 Å². The van der Waals surface area contributed by atoms with Crippen LogP contribution in [0.15, 0.2) is 23.4 Å². The van der Waals surface area contributed by atoms with Gasteiger partial charge in [0.15, 0.2) is 0 Å². The molecule has 5 nitrogen and oxygen atoms in total. The van der Waals surface area contributed by atoms with Gasteiger partial charge in [0.25, 0.3) is 0 Å². The lowest BCUT2D eigenvalue weighted by Gasteiger charge is -2.35. The Morgan fingerprint density at radius 1 is 1.50 bits per heavy atom. The minimum absolute atomic E-state index is 0.130. The van der Waals surface area contributed by atoms with E-state index < -0.39 is 21.9 Å². The summed E-state index contributed by atoms with van der Waals surface area (Å²) in [6.45, 7) is 2.04. The molecule has 1 aliphatic rings. The monoisotopic (exact) mass is 302 g/mol. The Hall–Kier alpha value is -1.05. The molecule has 0 saturated carbocycles. The lowest BCUT2D eigenvalue weighted by molar-refractivity contribution is 0.131. The zero-order valence-corrected chi connectivity index (χ0v) is 12.2. The molecule has 0 spiro atoms. The maximum Gasteiger partial charge on any atom is 0.244 e. The highest BCUT2D eigenvalue weighted by Crippen LogP contribution is 2.27. The topological polar surface area (TPSA) is 70.5 Å². The van der Waals surface area contributed by atoms with Crippen LogP contribution in [-0.2, 0) is 10.0 Å². The number of nitrogens with zero attached hydrogens (tertiary/aromatic N) is 2. The molecule has 112 valence electrons. The molecule has 0 bridgehead atoms. The van der Waals surface area contributed by atoms with Crippen molar-refractivity contribution in [2.75, 3.05) is 6.54 Å². The van der Waals surface area contributed by atoms with Gasteiger partial charge in [0, 0.05) is 18.8 Å². The van der Waals surface area contributed by atoms with Crippen LogP contribution in [0.4, 0.5) is 4.39 Å². The van der Waals surface area contributed by atoms with Crippen molar-refractivity contribution in [2.45, 2.75) is 49.6 Å². The Morgan fingerprint density at radius 2 is 2.25 bits per heavy atom. The molecule has 0 amide bonds. The van der Waals surface area contributed by atoms with Gasteiger partial charge in [0.2, 0.25) is 10.0 Å². The Balaban J connectivity index is 2.30. The highest BCUT2D eigenvalue weighted by Gasteiger charge is 2.34. The summed E-state index contributed by atoms with van der Waals surface area (Å²) in [6, 6.07) is 0.744. The molecule has 20 heavy (non-hydrogen) atoms. The van der Waals surface area contributed by atoms with Crippen LogP contribution in [0, 0.1) is 5.82 Å². The van der Waals surface area contributed by atoms with Gasteiger partial charge in [-0.25, -0.2) is 12.8 Å². The van der Waals surface area contributed by atoms with E-state index in [9.17, 15) is 17.9 Å². The van der Waals surface area contributed by atoms with Crippen molar-refractivity contribution >= 4 is 10.0 Å². The predicted molar refractivity (Wildman–Crippen MR) is 72.0 cm³/mol. The fourth-order valence-corrected chi connectivity index (χ4v) is 4.27. The third-order valence-electron chi connectivity index (χ3n) is 3.47. The van der Waals surface area contributed by atoms with Crippen LogP contribution in [-0.4, -0.2) is 41.5 Å². The molecule has 1 fully saturated rings. The molecule has 0 aromatic carbocycles. The summed E-state index contributed by atoms with van der Waals surface area (Å²) >= 11 is 0. The minimum Gasteiger partial charge on any atom is -0.393 e. The number of pyridine rings is 1. The smallest absolute Gasteiger partial charge is 0.244 e. The first kappa shape index (κ1) is 15.3. The van der Waals surface area contributed by atoms with Crippen LogP contribution in [0.25, 0.3) is 0 Å². The molecule has 1 aromatic heterocycles. The molecule has 1 saturated heterocycles. The molecule has 2 rings (SSSR count). The number of halogens is 1. The van der Waals surface area contributed by atoms with Crippen molar-refractivity contribution < 1.29 is 17.9 Å². The number of hydrogen-bond donors (Lipinski definition) is 1. The van der Waals surface area contributed by atoms with Gasteiger partial charge < -0.3 is 5.11 Å². The molecule has 2 unspecified atom stereocenters. The quantitative estimate of drug-likeness (QED) is 0.916. The van der Waals surface area contributed by atoms with Crippen LogP contribution in [0.2, 0.25) is 0 Å². The number of aromatic nitrogens is 1. The second-order valence-corrected chi connectivity index (χ2v) is 7.08. The highest BCUT2D eigenvalue weighted by atomic mass is 32.2. The third kappa shape index (κ3) is 3.34. The van der Waals surface area contributed by atoms with Crippen LogP contribution >= 0.6 is 0 Å². The first-order valence-electron chi connectivity index (χ1n) is 6.71. The fourth-order valence-electron chi connectivity index (χ4n) is 2.59. The summed E-state index contributed by atoms with van der Waals surface area (Å²) < 4.78 is 39.7. The average Bonchev–Trinajstić information content (AvgIpc) is 2.38. The summed E-state index contributed by atoms with van der Waals surface area (Å²) in [6.07, 6.45) is 4.38. The van der Waals surface area contributed by atoms with E-state index in [2.05, 4.69) is 4.98 Å². The lowest BCUT2D eigenvalue weighted by atomic mass is 10.00. The van der Waals surface area contributed by atoms with E-state index >= 15 is 0 Å². The second-order valence-electron chi connectivity index (χ2n) is 5.19. The lowest BCUT2D eigenvalue weighted by Crippen LogP contribution is -2.44. The SMILES string of the molecule is CC(O)CC1CCCCN1S(=O)(=O)c1cncc(F)c1. The minimum atomic E-state index is -3.76. The molecule has 1 aliphatic heterocycles. The van der Waals surface area contributed by atoms with Crippen molar-refractivity contribution in [3.05, 3.63) is 24.3 Å². The van der Waals surface area contributed by atoms with Gasteiger partial charge in [-0.3, -0.25) is 4.98 Å². The summed E-state index contributed by atoms with van der Waals surface area (Å²) in [5.41, 5.74) is 0. The molecule has 1 N–H and O–H groups in total. The van der Waals surface area contributed by atoms with E-state index in [1.807, 2.05) is 0 Å². The number of hydrogen-bond acceptors (Lipinski definition) is 4. The Morgan fingerprint density at radius 3 is 2.90 bits per heavy atom. The van der Waals surface area contributed by atoms with Crippen LogP contribution < -0.4 is 0 Å². The fraction of sp³-hybridized carbons (Fsp3) is 0.615. The van der Waals surface area contributed by atoms with Gasteiger partial charge in [0.05, 0.1) is 12.3 Å². The summed E-state index contributed by atoms with van der Waals surface area (Å²) in [5.74, 6) is -0.671. The standard InChI is InChI=1S/C13H19FN2O3S/c1-10(17)6-12-4-2-3-5-16(12)20(18,19)13-7-11(14)8-15-9-13/h7-10,12,17H,2-6H2,1H3. The molecule has 0 aliphatic carbocycles. The van der Waals surface area contributed by atoms with Crippen molar-refractivity contribution in [1.82, 2.24) is 9.29 Å². The molecular weight excluding hydrogens is 283 g/mol. The van der Waals surface area contributed by atoms with E-state index in [1.165, 1.54) is 4.31 Å².